The van der Waals surface area contributed by atoms with Crippen LogP contribution >= 0.6 is 11.8 Å². The van der Waals surface area contributed by atoms with Crippen LogP contribution in [0.2, 0.25) is 0 Å². The molecule has 4 rings (SSSR count). The van der Waals surface area contributed by atoms with Crippen LogP contribution in [0.3, 0.4) is 0 Å². The van der Waals surface area contributed by atoms with Crippen LogP contribution in [0.25, 0.3) is 0 Å². The smallest absolute Gasteiger partial charge is 0.320 e. The Balaban J connectivity index is 1.35. The monoisotopic (exact) mass is 409 g/mol. The summed E-state index contributed by atoms with van der Waals surface area (Å²) in [6, 6.07) is -0.904. The highest BCUT2D eigenvalue weighted by Gasteiger charge is 2.42. The zero-order valence-electron chi connectivity index (χ0n) is 15.7. The molecule has 2 saturated heterocycles. The lowest BCUT2D eigenvalue weighted by molar-refractivity contribution is -0.143. The molecule has 0 bridgehead atoms. The number of nitrogens with zero attached hydrogens (tertiary/aromatic N) is 3. The van der Waals surface area contributed by atoms with Crippen molar-refractivity contribution in [3.05, 3.63) is 6.33 Å². The van der Waals surface area contributed by atoms with Gasteiger partial charge in [-0.05, 0) is 56.4 Å². The highest BCUT2D eigenvalue weighted by Crippen LogP contribution is 2.40. The molecule has 4 N–H and O–H groups in total. The average molecular weight is 410 g/mol. The number of aromatic amines is 1. The van der Waals surface area contributed by atoms with Gasteiger partial charge in [0.1, 0.15) is 18.4 Å². The molecule has 28 heavy (non-hydrogen) atoms. The molecule has 3 heterocycles. The van der Waals surface area contributed by atoms with Gasteiger partial charge in [0.25, 0.3) is 0 Å². The Bertz CT molecular complexity index is 702. The van der Waals surface area contributed by atoms with Crippen molar-refractivity contribution in [2.45, 2.75) is 54.6 Å². The molecule has 9 nitrogen and oxygen atoms in total. The molecular formula is C18H27N5O4S. The van der Waals surface area contributed by atoms with E-state index in [0.29, 0.717) is 30.6 Å². The fraction of sp³-hybridized carbons (Fsp3) is 0.778. The molecule has 2 aliphatic heterocycles. The van der Waals surface area contributed by atoms with Crippen molar-refractivity contribution in [3.63, 3.8) is 0 Å². The molecule has 3 aliphatic rings. The van der Waals surface area contributed by atoms with E-state index >= 15 is 0 Å². The maximum absolute atomic E-state index is 11.8. The Kier molecular flexibility index (Phi) is 5.88. The van der Waals surface area contributed by atoms with Crippen LogP contribution in [0, 0.1) is 17.8 Å². The number of aromatic nitrogens is 3. The van der Waals surface area contributed by atoms with Gasteiger partial charge in [-0.2, -0.15) is 5.10 Å². The summed E-state index contributed by atoms with van der Waals surface area (Å²) in [5.41, 5.74) is 0. The average Bonchev–Trinajstić information content (AvgIpc) is 3.31. The quantitative estimate of drug-likeness (QED) is 0.541. The van der Waals surface area contributed by atoms with Crippen LogP contribution < -0.4 is 5.32 Å². The molecular weight excluding hydrogens is 382 g/mol. The van der Waals surface area contributed by atoms with E-state index in [1.165, 1.54) is 6.33 Å². The maximum atomic E-state index is 11.8. The molecule has 6 atom stereocenters. The van der Waals surface area contributed by atoms with Gasteiger partial charge in [0.15, 0.2) is 5.16 Å². The summed E-state index contributed by atoms with van der Waals surface area (Å²) in [5.74, 6) is -0.119. The van der Waals surface area contributed by atoms with E-state index in [-0.39, 0.29) is 5.25 Å². The SMILES string of the molecule is O=C(O)[C@@H]1C[C@H]2C[C@@H](CN3C[C@@H](Sc4ncn[nH]4)C[C@H]3C(=O)O)CC[C@H]2CN1. The molecule has 0 aromatic carbocycles. The molecule has 0 spiro atoms. The van der Waals surface area contributed by atoms with Gasteiger partial charge in [-0.3, -0.25) is 19.6 Å². The molecule has 1 aromatic rings. The standard InChI is InChI=1S/C18H27N5O4S/c24-16(25)14-4-12-3-10(1-2-11(12)6-19-14)7-23-8-13(5-15(23)17(26)27)28-18-20-9-21-22-18/h9-15,19H,1-8H2,(H,24,25)(H,26,27)(H,20,21,22)/t10-,11-,12+,13-,14-,15-/m0/s1. The van der Waals surface area contributed by atoms with Crippen LogP contribution in [-0.2, 0) is 9.59 Å². The van der Waals surface area contributed by atoms with Gasteiger partial charge in [-0.1, -0.05) is 11.8 Å². The van der Waals surface area contributed by atoms with Crippen LogP contribution in [0.5, 0.6) is 0 Å². The first-order chi connectivity index (χ1) is 13.5. The second-order valence-electron chi connectivity index (χ2n) is 8.31. The first kappa shape index (κ1) is 19.7. The summed E-state index contributed by atoms with van der Waals surface area (Å²) in [7, 11) is 0. The topological polar surface area (TPSA) is 131 Å². The Morgan fingerprint density at radius 1 is 1.18 bits per heavy atom. The Labute approximate surface area is 167 Å². The molecule has 3 fully saturated rings. The van der Waals surface area contributed by atoms with Gasteiger partial charge in [0.05, 0.1) is 0 Å². The Morgan fingerprint density at radius 2 is 2.04 bits per heavy atom. The summed E-state index contributed by atoms with van der Waals surface area (Å²) < 4.78 is 0. The van der Waals surface area contributed by atoms with Gasteiger partial charge >= 0.3 is 11.9 Å². The van der Waals surface area contributed by atoms with Gasteiger partial charge in [0, 0.05) is 18.3 Å². The first-order valence-corrected chi connectivity index (χ1v) is 10.8. The van der Waals surface area contributed by atoms with Crippen LogP contribution in [0.1, 0.15) is 32.1 Å². The number of likely N-dealkylation sites (tertiary alicyclic amines) is 1. The van der Waals surface area contributed by atoms with Crippen LogP contribution in [0.4, 0.5) is 0 Å². The summed E-state index contributed by atoms with van der Waals surface area (Å²) in [5, 5.41) is 29.7. The van der Waals surface area contributed by atoms with Gasteiger partial charge in [0.2, 0.25) is 0 Å². The lowest BCUT2D eigenvalue weighted by atomic mass is 9.69. The number of H-pyrrole nitrogens is 1. The van der Waals surface area contributed by atoms with E-state index < -0.39 is 24.0 Å². The number of carboxylic acids is 2. The molecule has 0 radical (unpaired) electrons. The zero-order chi connectivity index (χ0) is 19.7. The molecule has 1 saturated carbocycles. The maximum Gasteiger partial charge on any atom is 0.320 e. The Hall–Kier alpha value is -1.65. The summed E-state index contributed by atoms with van der Waals surface area (Å²) in [6.45, 7) is 2.29. The summed E-state index contributed by atoms with van der Waals surface area (Å²) in [4.78, 5) is 29.4. The first-order valence-electron chi connectivity index (χ1n) is 9.94. The number of thioether (sulfide) groups is 1. The predicted molar refractivity (Wildman–Crippen MR) is 102 cm³/mol. The number of piperidine rings is 1. The lowest BCUT2D eigenvalue weighted by Crippen LogP contribution is -2.50. The number of rotatable bonds is 6. The number of aliphatic carboxylic acids is 2. The summed E-state index contributed by atoms with van der Waals surface area (Å²) in [6.07, 6.45) is 5.93. The number of hydrogen-bond acceptors (Lipinski definition) is 7. The molecule has 154 valence electrons. The van der Waals surface area contributed by atoms with E-state index in [0.717, 1.165) is 44.1 Å². The van der Waals surface area contributed by atoms with Crippen molar-refractivity contribution in [3.8, 4) is 0 Å². The second kappa shape index (κ2) is 8.38. The number of hydrogen-bond donors (Lipinski definition) is 4. The van der Waals surface area contributed by atoms with Gasteiger partial charge < -0.3 is 15.5 Å². The van der Waals surface area contributed by atoms with Crippen molar-refractivity contribution in [1.82, 2.24) is 25.4 Å². The van der Waals surface area contributed by atoms with Crippen molar-refractivity contribution in [2.24, 2.45) is 17.8 Å². The minimum Gasteiger partial charge on any atom is -0.480 e. The van der Waals surface area contributed by atoms with Crippen molar-refractivity contribution in [1.29, 1.82) is 0 Å². The van der Waals surface area contributed by atoms with E-state index in [4.69, 9.17) is 0 Å². The zero-order valence-corrected chi connectivity index (χ0v) is 16.5. The van der Waals surface area contributed by atoms with Crippen LogP contribution in [0.15, 0.2) is 11.5 Å². The highest BCUT2D eigenvalue weighted by molar-refractivity contribution is 7.99. The molecule has 1 aliphatic carbocycles. The van der Waals surface area contributed by atoms with Gasteiger partial charge in [-0.15, -0.1) is 0 Å². The largest absolute Gasteiger partial charge is 0.480 e. The molecule has 0 unspecified atom stereocenters. The third kappa shape index (κ3) is 4.33. The highest BCUT2D eigenvalue weighted by atomic mass is 32.2. The van der Waals surface area contributed by atoms with Crippen LogP contribution in [-0.4, -0.2) is 79.2 Å². The number of carbonyl (C=O) groups is 2. The predicted octanol–water partition coefficient (Wildman–Crippen LogP) is 0.903. The van der Waals surface area contributed by atoms with Crippen molar-refractivity contribution < 1.29 is 19.8 Å². The molecule has 1 aromatic heterocycles. The molecule has 10 heteroatoms. The van der Waals surface area contributed by atoms with Gasteiger partial charge in [-0.25, -0.2) is 4.98 Å². The normalized spacial score (nSPS) is 36.1. The Morgan fingerprint density at radius 3 is 2.75 bits per heavy atom. The third-order valence-electron chi connectivity index (χ3n) is 6.53. The van der Waals surface area contributed by atoms with E-state index in [2.05, 4.69) is 25.4 Å². The van der Waals surface area contributed by atoms with Crippen molar-refractivity contribution >= 4 is 23.7 Å². The minimum absolute atomic E-state index is 0.181. The van der Waals surface area contributed by atoms with E-state index in [1.807, 2.05) is 0 Å². The fourth-order valence-corrected chi connectivity index (χ4v) is 6.23. The van der Waals surface area contributed by atoms with Crippen molar-refractivity contribution in [2.75, 3.05) is 19.6 Å². The number of carboxylic acid groups (broad SMARTS) is 2. The number of nitrogens with one attached hydrogen (secondary N) is 2. The summed E-state index contributed by atoms with van der Waals surface area (Å²) >= 11 is 1.56. The van der Waals surface area contributed by atoms with E-state index in [9.17, 15) is 19.8 Å². The number of fused-ring (bicyclic) bond motifs is 1. The third-order valence-corrected chi connectivity index (χ3v) is 7.62. The second-order valence-corrected chi connectivity index (χ2v) is 9.60. The minimum atomic E-state index is -0.765. The lowest BCUT2D eigenvalue weighted by Gasteiger charge is -2.42. The fourth-order valence-electron chi connectivity index (χ4n) is 5.16. The van der Waals surface area contributed by atoms with E-state index in [1.54, 1.807) is 11.8 Å². The molecule has 0 amide bonds.